The normalized spacial score (nSPS) is 13.6. The van der Waals surface area contributed by atoms with E-state index in [-0.39, 0.29) is 23.1 Å². The maximum atomic E-state index is 3.71. The maximum absolute atomic E-state index is 3.71. The van der Waals surface area contributed by atoms with Crippen LogP contribution in [0.25, 0.3) is 0 Å². The van der Waals surface area contributed by atoms with Gasteiger partial charge in [-0.05, 0) is 12.6 Å². The van der Waals surface area contributed by atoms with Crippen molar-refractivity contribution < 1.29 is 0 Å². The molecule has 0 aromatic rings. The van der Waals surface area contributed by atoms with E-state index in [4.69, 9.17) is 0 Å². The van der Waals surface area contributed by atoms with Gasteiger partial charge in [0.15, 0.2) is 0 Å². The van der Waals surface area contributed by atoms with Gasteiger partial charge >= 0.3 is 0 Å². The van der Waals surface area contributed by atoms with E-state index in [9.17, 15) is 0 Å². The topological polar surface area (TPSA) is 41.5 Å². The molecule has 3 N–H and O–H groups in total. The summed E-state index contributed by atoms with van der Waals surface area (Å²) in [6.45, 7) is 8.06. The summed E-state index contributed by atoms with van der Waals surface area (Å²) >= 11 is 0. The molecule has 0 atom stereocenters. The summed E-state index contributed by atoms with van der Waals surface area (Å²) in [5.41, 5.74) is 0. The second-order valence-corrected chi connectivity index (χ2v) is 2.80. The molecule has 0 radical (unpaired) electrons. The summed E-state index contributed by atoms with van der Waals surface area (Å²) < 4.78 is 0. The van der Waals surface area contributed by atoms with Crippen LogP contribution in [0.5, 0.6) is 0 Å². The van der Waals surface area contributed by atoms with Crippen LogP contribution < -0.4 is 6.15 Å². The van der Waals surface area contributed by atoms with E-state index in [0.717, 1.165) is 13.2 Å². The van der Waals surface area contributed by atoms with Gasteiger partial charge in [0, 0.05) is 18.9 Å². The van der Waals surface area contributed by atoms with Crippen molar-refractivity contribution in [2.75, 3.05) is 13.2 Å². The predicted molar refractivity (Wildman–Crippen MR) is 63.0 cm³/mol. The van der Waals surface area contributed by atoms with E-state index in [2.05, 4.69) is 35.7 Å². The Morgan fingerprint density at radius 3 is 2.62 bits per heavy atom. The second kappa shape index (κ2) is 8.13. The molecule has 3 nitrogen and oxygen atoms in total. The van der Waals surface area contributed by atoms with Gasteiger partial charge in [-0.25, -0.2) is 0 Å². The summed E-state index contributed by atoms with van der Waals surface area (Å²) in [5, 5.41) is 0. The van der Waals surface area contributed by atoms with Crippen molar-refractivity contribution in [2.24, 2.45) is 0 Å². The third-order valence-electron chi connectivity index (χ3n) is 1.85. The molecule has 1 heterocycles. The van der Waals surface area contributed by atoms with Gasteiger partial charge in [0.05, 0.1) is 6.67 Å². The first kappa shape index (κ1) is 15.0. The van der Waals surface area contributed by atoms with Crippen molar-refractivity contribution >= 4 is 17.0 Å². The highest BCUT2D eigenvalue weighted by molar-refractivity contribution is 8.93. The molecule has 0 bridgehead atoms. The summed E-state index contributed by atoms with van der Waals surface area (Å²) in [4.78, 5) is 4.38. The van der Waals surface area contributed by atoms with Crippen molar-refractivity contribution in [1.82, 2.24) is 16.0 Å². The largest absolute Gasteiger partial charge is 0.358 e. The number of unbranched alkanes of at least 4 members (excludes halogenated alkanes) is 1. The van der Waals surface area contributed by atoms with Gasteiger partial charge in [-0.2, -0.15) is 0 Å². The fourth-order valence-corrected chi connectivity index (χ4v) is 1.11. The standard InChI is InChI=1S/C9H16N2.BrH.H3N/c1-3-5-6-11-8-7-10(4-2)9-11;;/h4,7-8H,2-3,5-6,9H2,1H3;1H;1H3. The van der Waals surface area contributed by atoms with E-state index in [1.165, 1.54) is 12.8 Å². The minimum Gasteiger partial charge on any atom is -0.358 e. The predicted octanol–water partition coefficient (Wildman–Crippen LogP) is 2.72. The highest BCUT2D eigenvalue weighted by Crippen LogP contribution is 2.06. The Bertz CT molecular complexity index is 159. The summed E-state index contributed by atoms with van der Waals surface area (Å²) in [6.07, 6.45) is 8.57. The molecule has 13 heavy (non-hydrogen) atoms. The molecule has 0 saturated carbocycles. The molecule has 1 aliphatic rings. The minimum atomic E-state index is 0. The van der Waals surface area contributed by atoms with Crippen molar-refractivity contribution in [3.05, 3.63) is 25.2 Å². The van der Waals surface area contributed by atoms with Gasteiger partial charge in [-0.1, -0.05) is 19.9 Å². The number of hydrogen-bond donors (Lipinski definition) is 1. The molecule has 0 aliphatic carbocycles. The average Bonchev–Trinajstić information content (AvgIpc) is 2.48. The van der Waals surface area contributed by atoms with Crippen molar-refractivity contribution in [1.29, 1.82) is 0 Å². The monoisotopic (exact) mass is 249 g/mol. The molecular formula is C9H20BrN3. The SMILES string of the molecule is Br.C=CN1C=CN(CCCC)C1.N. The van der Waals surface area contributed by atoms with Gasteiger partial charge in [-0.3, -0.25) is 0 Å². The Balaban J connectivity index is 0. The molecule has 0 unspecified atom stereocenters. The Labute approximate surface area is 91.4 Å². The molecule has 0 aromatic heterocycles. The summed E-state index contributed by atoms with van der Waals surface area (Å²) in [7, 11) is 0. The molecule has 0 amide bonds. The van der Waals surface area contributed by atoms with Crippen LogP contribution in [-0.4, -0.2) is 23.0 Å². The zero-order chi connectivity index (χ0) is 8.10. The Morgan fingerprint density at radius 1 is 1.46 bits per heavy atom. The van der Waals surface area contributed by atoms with Crippen molar-refractivity contribution in [3.8, 4) is 0 Å². The number of rotatable bonds is 4. The number of halogens is 1. The Kier molecular flexibility index (Phi) is 9.39. The van der Waals surface area contributed by atoms with E-state index < -0.39 is 0 Å². The zero-order valence-electron chi connectivity index (χ0n) is 8.28. The molecule has 0 spiro atoms. The van der Waals surface area contributed by atoms with Crippen LogP contribution in [0.2, 0.25) is 0 Å². The van der Waals surface area contributed by atoms with Gasteiger partial charge in [-0.15, -0.1) is 17.0 Å². The quantitative estimate of drug-likeness (QED) is 0.834. The van der Waals surface area contributed by atoms with E-state index in [1.54, 1.807) is 0 Å². The average molecular weight is 250 g/mol. The van der Waals surface area contributed by atoms with Gasteiger partial charge in [0.1, 0.15) is 0 Å². The smallest absolute Gasteiger partial charge is 0.0935 e. The Hall–Kier alpha value is -0.480. The first-order valence-electron chi connectivity index (χ1n) is 4.17. The fourth-order valence-electron chi connectivity index (χ4n) is 1.11. The third kappa shape index (κ3) is 4.95. The van der Waals surface area contributed by atoms with Gasteiger partial charge in [0.2, 0.25) is 0 Å². The first-order valence-corrected chi connectivity index (χ1v) is 4.17. The lowest BCUT2D eigenvalue weighted by Gasteiger charge is -2.17. The van der Waals surface area contributed by atoms with Crippen molar-refractivity contribution in [3.63, 3.8) is 0 Å². The highest BCUT2D eigenvalue weighted by Gasteiger charge is 2.07. The van der Waals surface area contributed by atoms with Crippen molar-refractivity contribution in [2.45, 2.75) is 19.8 Å². The Morgan fingerprint density at radius 2 is 2.15 bits per heavy atom. The fraction of sp³-hybridized carbons (Fsp3) is 0.556. The lowest BCUT2D eigenvalue weighted by atomic mass is 10.3. The lowest BCUT2D eigenvalue weighted by Crippen LogP contribution is -2.22. The third-order valence-corrected chi connectivity index (χ3v) is 1.85. The maximum Gasteiger partial charge on any atom is 0.0935 e. The van der Waals surface area contributed by atoms with E-state index in [1.807, 2.05) is 6.20 Å². The number of hydrogen-bond acceptors (Lipinski definition) is 3. The molecular weight excluding hydrogens is 230 g/mol. The molecule has 0 saturated heterocycles. The highest BCUT2D eigenvalue weighted by atomic mass is 79.9. The summed E-state index contributed by atoms with van der Waals surface area (Å²) in [5.74, 6) is 0. The van der Waals surface area contributed by atoms with E-state index in [0.29, 0.717) is 0 Å². The van der Waals surface area contributed by atoms with Gasteiger partial charge in [0.25, 0.3) is 0 Å². The van der Waals surface area contributed by atoms with Gasteiger partial charge < -0.3 is 16.0 Å². The molecule has 78 valence electrons. The van der Waals surface area contributed by atoms with Crippen LogP contribution in [0.3, 0.4) is 0 Å². The molecule has 0 fully saturated rings. The minimum absolute atomic E-state index is 0. The molecule has 1 aliphatic heterocycles. The van der Waals surface area contributed by atoms with Crippen LogP contribution in [0.15, 0.2) is 25.2 Å². The van der Waals surface area contributed by atoms with E-state index >= 15 is 0 Å². The lowest BCUT2D eigenvalue weighted by molar-refractivity contribution is 0.310. The van der Waals surface area contributed by atoms with Crippen LogP contribution >= 0.6 is 17.0 Å². The second-order valence-electron chi connectivity index (χ2n) is 2.80. The number of nitrogens with zero attached hydrogens (tertiary/aromatic N) is 2. The van der Waals surface area contributed by atoms with Crippen LogP contribution in [-0.2, 0) is 0 Å². The van der Waals surface area contributed by atoms with Crippen LogP contribution in [0.1, 0.15) is 19.8 Å². The molecule has 0 aromatic carbocycles. The van der Waals surface area contributed by atoms with Crippen LogP contribution in [0, 0.1) is 0 Å². The summed E-state index contributed by atoms with van der Waals surface area (Å²) in [6, 6.07) is 0. The zero-order valence-corrected chi connectivity index (χ0v) is 9.99. The first-order chi connectivity index (χ1) is 5.36. The molecule has 1 rings (SSSR count). The molecule has 4 heteroatoms. The van der Waals surface area contributed by atoms with Crippen LogP contribution in [0.4, 0.5) is 0 Å².